The lowest BCUT2D eigenvalue weighted by molar-refractivity contribution is -0.142. The fraction of sp³-hybridized carbons (Fsp3) is 0.417. The highest BCUT2D eigenvalue weighted by Gasteiger charge is 2.34. The second-order valence-corrected chi connectivity index (χ2v) is 6.43. The van der Waals surface area contributed by atoms with Crippen molar-refractivity contribution in [2.75, 3.05) is 18.0 Å². The molecule has 7 heteroatoms. The molecule has 2 rings (SSSR count). The van der Waals surface area contributed by atoms with Gasteiger partial charge in [-0.3, -0.25) is 4.79 Å². The Morgan fingerprint density at radius 3 is 2.32 bits per heavy atom. The van der Waals surface area contributed by atoms with E-state index in [1.165, 1.54) is 12.1 Å². The molecule has 1 aromatic rings. The van der Waals surface area contributed by atoms with Gasteiger partial charge in [-0.25, -0.2) is 13.6 Å². The third-order valence-corrected chi connectivity index (χ3v) is 4.39. The second kappa shape index (κ2) is 4.82. The van der Waals surface area contributed by atoms with Gasteiger partial charge >= 0.3 is 5.97 Å². The molecule has 104 valence electrons. The van der Waals surface area contributed by atoms with E-state index in [1.807, 2.05) is 11.8 Å². The standard InChI is InChI=1S/C12H16N2O4S/c1-8-6-14(7-11(8)12(15)16)9-2-4-10(5-3-9)19(13,17)18/h2-5,8,11H,6-7H2,1H3,(H,15,16)(H2,13,17,18). The Morgan fingerprint density at radius 1 is 1.32 bits per heavy atom. The predicted molar refractivity (Wildman–Crippen MR) is 70.3 cm³/mol. The Bertz CT molecular complexity index is 582. The number of nitrogens with two attached hydrogens (primary N) is 1. The summed E-state index contributed by atoms with van der Waals surface area (Å²) < 4.78 is 22.3. The highest BCUT2D eigenvalue weighted by atomic mass is 32.2. The first kappa shape index (κ1) is 13.8. The smallest absolute Gasteiger partial charge is 0.308 e. The second-order valence-electron chi connectivity index (χ2n) is 4.87. The van der Waals surface area contributed by atoms with Crippen molar-refractivity contribution in [1.82, 2.24) is 0 Å². The van der Waals surface area contributed by atoms with Crippen LogP contribution in [0, 0.1) is 11.8 Å². The van der Waals surface area contributed by atoms with Gasteiger partial charge in [0.25, 0.3) is 0 Å². The van der Waals surface area contributed by atoms with E-state index in [0.717, 1.165) is 5.69 Å². The number of carboxylic acid groups (broad SMARTS) is 1. The topological polar surface area (TPSA) is 101 Å². The molecule has 19 heavy (non-hydrogen) atoms. The van der Waals surface area contributed by atoms with Crippen molar-refractivity contribution in [3.63, 3.8) is 0 Å². The number of nitrogens with zero attached hydrogens (tertiary/aromatic N) is 1. The number of sulfonamides is 1. The van der Waals surface area contributed by atoms with Crippen molar-refractivity contribution in [3.8, 4) is 0 Å². The molecule has 1 aliphatic heterocycles. The van der Waals surface area contributed by atoms with E-state index >= 15 is 0 Å². The molecule has 0 aliphatic carbocycles. The van der Waals surface area contributed by atoms with Gasteiger partial charge in [-0.05, 0) is 30.2 Å². The van der Waals surface area contributed by atoms with Crippen LogP contribution in [0.5, 0.6) is 0 Å². The molecule has 0 spiro atoms. The molecule has 1 aliphatic rings. The van der Waals surface area contributed by atoms with Gasteiger partial charge in [-0.15, -0.1) is 0 Å². The first-order valence-corrected chi connectivity index (χ1v) is 7.44. The zero-order valence-electron chi connectivity index (χ0n) is 10.5. The van der Waals surface area contributed by atoms with E-state index in [0.29, 0.717) is 13.1 Å². The Hall–Kier alpha value is -1.60. The first-order chi connectivity index (χ1) is 8.79. The lowest BCUT2D eigenvalue weighted by atomic mass is 9.99. The lowest BCUT2D eigenvalue weighted by Crippen LogP contribution is -2.23. The normalized spacial score (nSPS) is 23.6. The first-order valence-electron chi connectivity index (χ1n) is 5.89. The number of primary sulfonamides is 1. The van der Waals surface area contributed by atoms with Gasteiger partial charge in [-0.2, -0.15) is 0 Å². The van der Waals surface area contributed by atoms with Gasteiger partial charge in [0, 0.05) is 18.8 Å². The Balaban J connectivity index is 2.19. The summed E-state index contributed by atoms with van der Waals surface area (Å²) in [6.45, 7) is 2.98. The van der Waals surface area contributed by atoms with Crippen molar-refractivity contribution in [2.24, 2.45) is 17.0 Å². The summed E-state index contributed by atoms with van der Waals surface area (Å²) >= 11 is 0. The molecule has 1 aromatic carbocycles. The average molecular weight is 284 g/mol. The van der Waals surface area contributed by atoms with Crippen LogP contribution in [-0.2, 0) is 14.8 Å². The monoisotopic (exact) mass is 284 g/mol. The van der Waals surface area contributed by atoms with Gasteiger partial charge < -0.3 is 10.0 Å². The number of carboxylic acids is 1. The molecule has 2 unspecified atom stereocenters. The molecule has 1 saturated heterocycles. The number of hydrogen-bond acceptors (Lipinski definition) is 4. The molecule has 1 heterocycles. The number of hydrogen-bond donors (Lipinski definition) is 2. The summed E-state index contributed by atoms with van der Waals surface area (Å²) in [7, 11) is -3.69. The van der Waals surface area contributed by atoms with Gasteiger partial charge in [-0.1, -0.05) is 6.92 Å². The van der Waals surface area contributed by atoms with Crippen molar-refractivity contribution < 1.29 is 18.3 Å². The molecule has 2 atom stereocenters. The Morgan fingerprint density at radius 2 is 1.89 bits per heavy atom. The minimum atomic E-state index is -3.69. The summed E-state index contributed by atoms with van der Waals surface area (Å²) in [5.74, 6) is -1.12. The number of anilines is 1. The third kappa shape index (κ3) is 2.87. The van der Waals surface area contributed by atoms with Crippen LogP contribution < -0.4 is 10.0 Å². The fourth-order valence-electron chi connectivity index (χ4n) is 2.35. The van der Waals surface area contributed by atoms with Gasteiger partial charge in [0.2, 0.25) is 10.0 Å². The zero-order valence-corrected chi connectivity index (χ0v) is 11.3. The van der Waals surface area contributed by atoms with Crippen LogP contribution >= 0.6 is 0 Å². The molecule has 0 radical (unpaired) electrons. The lowest BCUT2D eigenvalue weighted by Gasteiger charge is -2.18. The van der Waals surface area contributed by atoms with Crippen LogP contribution in [0.25, 0.3) is 0 Å². The molecule has 6 nitrogen and oxygen atoms in total. The van der Waals surface area contributed by atoms with E-state index < -0.39 is 21.9 Å². The number of benzene rings is 1. The molecular weight excluding hydrogens is 268 g/mol. The molecule has 0 bridgehead atoms. The van der Waals surface area contributed by atoms with E-state index in [2.05, 4.69) is 0 Å². The van der Waals surface area contributed by atoms with Crippen molar-refractivity contribution >= 4 is 21.7 Å². The Kier molecular flexibility index (Phi) is 3.51. The van der Waals surface area contributed by atoms with Crippen LogP contribution in [0.1, 0.15) is 6.92 Å². The fourth-order valence-corrected chi connectivity index (χ4v) is 2.86. The van der Waals surface area contributed by atoms with E-state index in [4.69, 9.17) is 10.2 Å². The molecular formula is C12H16N2O4S. The Labute approximate surface area is 111 Å². The molecule has 0 aromatic heterocycles. The number of carbonyl (C=O) groups is 1. The summed E-state index contributed by atoms with van der Waals surface area (Å²) in [5, 5.41) is 14.1. The largest absolute Gasteiger partial charge is 0.481 e. The van der Waals surface area contributed by atoms with E-state index in [-0.39, 0.29) is 10.8 Å². The van der Waals surface area contributed by atoms with Gasteiger partial charge in [0.1, 0.15) is 0 Å². The highest BCUT2D eigenvalue weighted by molar-refractivity contribution is 7.89. The molecule has 1 fully saturated rings. The maximum Gasteiger partial charge on any atom is 0.308 e. The number of aliphatic carboxylic acids is 1. The van der Waals surface area contributed by atoms with Crippen LogP contribution in [0.4, 0.5) is 5.69 Å². The molecule has 0 amide bonds. The number of rotatable bonds is 3. The predicted octanol–water partition coefficient (Wildman–Crippen LogP) is 0.491. The summed E-state index contributed by atoms with van der Waals surface area (Å²) in [6, 6.07) is 6.17. The van der Waals surface area contributed by atoms with Gasteiger partial charge in [0.05, 0.1) is 10.8 Å². The maximum atomic E-state index is 11.1. The zero-order chi connectivity index (χ0) is 14.2. The quantitative estimate of drug-likeness (QED) is 0.841. The maximum absolute atomic E-state index is 11.1. The van der Waals surface area contributed by atoms with Crippen molar-refractivity contribution in [1.29, 1.82) is 0 Å². The van der Waals surface area contributed by atoms with E-state index in [1.54, 1.807) is 12.1 Å². The average Bonchev–Trinajstić information content (AvgIpc) is 2.70. The minimum absolute atomic E-state index is 0.0540. The van der Waals surface area contributed by atoms with Crippen LogP contribution in [0.2, 0.25) is 0 Å². The molecule has 3 N–H and O–H groups in total. The summed E-state index contributed by atoms with van der Waals surface area (Å²) in [4.78, 5) is 13.0. The SMILES string of the molecule is CC1CN(c2ccc(S(N)(=O)=O)cc2)CC1C(=O)O. The third-order valence-electron chi connectivity index (χ3n) is 3.46. The van der Waals surface area contributed by atoms with Crippen LogP contribution in [0.15, 0.2) is 29.2 Å². The molecule has 0 saturated carbocycles. The minimum Gasteiger partial charge on any atom is -0.481 e. The summed E-state index contributed by atoms with van der Waals surface area (Å²) in [5.41, 5.74) is 0.808. The van der Waals surface area contributed by atoms with Crippen molar-refractivity contribution in [2.45, 2.75) is 11.8 Å². The van der Waals surface area contributed by atoms with Crippen LogP contribution in [0.3, 0.4) is 0 Å². The van der Waals surface area contributed by atoms with Crippen molar-refractivity contribution in [3.05, 3.63) is 24.3 Å². The van der Waals surface area contributed by atoms with Gasteiger partial charge in [0.15, 0.2) is 0 Å². The highest BCUT2D eigenvalue weighted by Crippen LogP contribution is 2.28. The van der Waals surface area contributed by atoms with E-state index in [9.17, 15) is 13.2 Å². The van der Waals surface area contributed by atoms with Crippen LogP contribution in [-0.4, -0.2) is 32.6 Å². The summed E-state index contributed by atoms with van der Waals surface area (Å²) in [6.07, 6.45) is 0.